The number of aryl methyl sites for hydroxylation is 1. The van der Waals surface area contributed by atoms with Crippen LogP contribution in [0.25, 0.3) is 0 Å². The fourth-order valence-electron chi connectivity index (χ4n) is 2.77. The summed E-state index contributed by atoms with van der Waals surface area (Å²) in [6.07, 6.45) is 2.59. The molecular formula is C21H26Cl2N4O. The van der Waals surface area contributed by atoms with Gasteiger partial charge in [0.2, 0.25) is 0 Å². The fraction of sp³-hybridized carbons (Fsp3) is 0.333. The van der Waals surface area contributed by atoms with Gasteiger partial charge in [-0.05, 0) is 54.7 Å². The van der Waals surface area contributed by atoms with E-state index in [1.54, 1.807) is 20.2 Å². The lowest BCUT2D eigenvalue weighted by Crippen LogP contribution is -2.38. The van der Waals surface area contributed by atoms with Crippen LogP contribution < -0.4 is 16.0 Å². The second kappa shape index (κ2) is 11.6. The zero-order chi connectivity index (χ0) is 20.4. The van der Waals surface area contributed by atoms with Gasteiger partial charge in [-0.1, -0.05) is 41.4 Å². The van der Waals surface area contributed by atoms with Crippen LogP contribution in [0.1, 0.15) is 27.9 Å². The van der Waals surface area contributed by atoms with Crippen molar-refractivity contribution in [2.75, 3.05) is 27.2 Å². The van der Waals surface area contributed by atoms with E-state index in [-0.39, 0.29) is 5.91 Å². The Morgan fingerprint density at radius 1 is 1.04 bits per heavy atom. The molecule has 150 valence electrons. The average molecular weight is 421 g/mol. The molecular weight excluding hydrogens is 395 g/mol. The van der Waals surface area contributed by atoms with Crippen molar-refractivity contribution in [3.8, 4) is 0 Å². The monoisotopic (exact) mass is 420 g/mol. The third-order valence-corrected chi connectivity index (χ3v) is 4.86. The number of amides is 1. The van der Waals surface area contributed by atoms with Gasteiger partial charge in [0, 0.05) is 42.8 Å². The molecule has 3 N–H and O–H groups in total. The zero-order valence-corrected chi connectivity index (χ0v) is 17.7. The van der Waals surface area contributed by atoms with E-state index in [2.05, 4.69) is 20.9 Å². The van der Waals surface area contributed by atoms with Crippen LogP contribution in [-0.2, 0) is 12.8 Å². The Hall–Kier alpha value is -2.24. The van der Waals surface area contributed by atoms with Crippen LogP contribution in [0.2, 0.25) is 10.0 Å². The van der Waals surface area contributed by atoms with Crippen molar-refractivity contribution < 1.29 is 4.79 Å². The van der Waals surface area contributed by atoms with Crippen molar-refractivity contribution in [1.29, 1.82) is 0 Å². The first kappa shape index (κ1) is 22.1. The highest BCUT2D eigenvalue weighted by Gasteiger charge is 2.05. The highest BCUT2D eigenvalue weighted by Crippen LogP contribution is 2.21. The van der Waals surface area contributed by atoms with Gasteiger partial charge >= 0.3 is 0 Å². The quantitative estimate of drug-likeness (QED) is 0.346. The van der Waals surface area contributed by atoms with Crippen molar-refractivity contribution in [2.45, 2.75) is 19.3 Å². The summed E-state index contributed by atoms with van der Waals surface area (Å²) in [6, 6.07) is 13.2. The summed E-state index contributed by atoms with van der Waals surface area (Å²) >= 11 is 12.1. The first-order valence-corrected chi connectivity index (χ1v) is 9.98. The zero-order valence-electron chi connectivity index (χ0n) is 16.2. The van der Waals surface area contributed by atoms with Crippen LogP contribution in [0.3, 0.4) is 0 Å². The first-order chi connectivity index (χ1) is 13.5. The average Bonchev–Trinajstić information content (AvgIpc) is 2.70. The summed E-state index contributed by atoms with van der Waals surface area (Å²) in [5.41, 5.74) is 2.86. The third-order valence-electron chi connectivity index (χ3n) is 4.28. The minimum Gasteiger partial charge on any atom is -0.356 e. The van der Waals surface area contributed by atoms with Crippen LogP contribution in [0.5, 0.6) is 0 Å². The van der Waals surface area contributed by atoms with Gasteiger partial charge in [0.15, 0.2) is 5.96 Å². The standard InChI is InChI=1S/C21H26Cl2N4O/c1-24-20(28)17-6-3-5-15(13-17)10-12-27-21(25-2)26-11-4-7-16-8-9-18(22)14-19(16)23/h3,5-6,8-9,13-14H,4,7,10-12H2,1-2H3,(H,24,28)(H2,25,26,27). The molecule has 0 radical (unpaired) electrons. The topological polar surface area (TPSA) is 65.5 Å². The van der Waals surface area contributed by atoms with E-state index in [4.69, 9.17) is 23.2 Å². The van der Waals surface area contributed by atoms with Crippen LogP contribution in [0.15, 0.2) is 47.5 Å². The highest BCUT2D eigenvalue weighted by molar-refractivity contribution is 6.35. The number of benzene rings is 2. The maximum Gasteiger partial charge on any atom is 0.251 e. The lowest BCUT2D eigenvalue weighted by Gasteiger charge is -2.12. The number of nitrogens with zero attached hydrogens (tertiary/aromatic N) is 1. The molecule has 2 rings (SSSR count). The van der Waals surface area contributed by atoms with Gasteiger partial charge in [0.1, 0.15) is 0 Å². The molecule has 0 aromatic heterocycles. The molecule has 0 bridgehead atoms. The van der Waals surface area contributed by atoms with E-state index in [1.165, 1.54) is 0 Å². The Morgan fingerprint density at radius 3 is 2.54 bits per heavy atom. The normalized spacial score (nSPS) is 11.2. The molecule has 7 heteroatoms. The van der Waals surface area contributed by atoms with Crippen LogP contribution in [-0.4, -0.2) is 39.1 Å². The molecule has 0 spiro atoms. The van der Waals surface area contributed by atoms with Gasteiger partial charge in [-0.15, -0.1) is 0 Å². The minimum atomic E-state index is -0.0759. The van der Waals surface area contributed by atoms with E-state index in [0.29, 0.717) is 15.6 Å². The largest absolute Gasteiger partial charge is 0.356 e. The summed E-state index contributed by atoms with van der Waals surface area (Å²) in [5.74, 6) is 0.678. The lowest BCUT2D eigenvalue weighted by molar-refractivity contribution is 0.0963. The number of hydrogen-bond acceptors (Lipinski definition) is 2. The van der Waals surface area contributed by atoms with Crippen molar-refractivity contribution in [1.82, 2.24) is 16.0 Å². The summed E-state index contributed by atoms with van der Waals surface area (Å²) < 4.78 is 0. The number of aliphatic imine (C=N–C) groups is 1. The molecule has 0 saturated carbocycles. The van der Waals surface area contributed by atoms with E-state index in [1.807, 2.05) is 36.4 Å². The second-order valence-electron chi connectivity index (χ2n) is 6.29. The molecule has 2 aromatic carbocycles. The number of hydrogen-bond donors (Lipinski definition) is 3. The van der Waals surface area contributed by atoms with Crippen LogP contribution in [0, 0.1) is 0 Å². The molecule has 0 unspecified atom stereocenters. The van der Waals surface area contributed by atoms with Gasteiger partial charge in [0.05, 0.1) is 0 Å². The van der Waals surface area contributed by atoms with E-state index < -0.39 is 0 Å². The van der Waals surface area contributed by atoms with Crippen molar-refractivity contribution in [2.24, 2.45) is 4.99 Å². The van der Waals surface area contributed by atoms with Crippen molar-refractivity contribution in [3.05, 3.63) is 69.2 Å². The van der Waals surface area contributed by atoms with Gasteiger partial charge in [-0.3, -0.25) is 9.79 Å². The molecule has 0 aliphatic carbocycles. The molecule has 0 heterocycles. The van der Waals surface area contributed by atoms with Crippen molar-refractivity contribution >= 4 is 35.1 Å². The number of halogens is 2. The maximum absolute atomic E-state index is 11.7. The molecule has 0 fully saturated rings. The Kier molecular flexibility index (Phi) is 9.11. The number of rotatable bonds is 8. The summed E-state index contributed by atoms with van der Waals surface area (Å²) in [5, 5.41) is 10.6. The molecule has 0 aliphatic rings. The Balaban J connectivity index is 1.72. The SMILES string of the molecule is CN=C(NCCCc1ccc(Cl)cc1Cl)NCCc1cccc(C(=O)NC)c1. The molecule has 5 nitrogen and oxygen atoms in total. The molecule has 0 saturated heterocycles. The van der Waals surface area contributed by atoms with E-state index in [9.17, 15) is 4.79 Å². The molecule has 2 aromatic rings. The second-order valence-corrected chi connectivity index (χ2v) is 7.14. The summed E-state index contributed by atoms with van der Waals surface area (Å²) in [7, 11) is 3.38. The third kappa shape index (κ3) is 7.06. The molecule has 0 atom stereocenters. The summed E-state index contributed by atoms with van der Waals surface area (Å²) in [6.45, 7) is 1.50. The van der Waals surface area contributed by atoms with Crippen LogP contribution >= 0.6 is 23.2 Å². The fourth-order valence-corrected chi connectivity index (χ4v) is 3.27. The van der Waals surface area contributed by atoms with Gasteiger partial charge in [-0.25, -0.2) is 0 Å². The van der Waals surface area contributed by atoms with E-state index in [0.717, 1.165) is 49.4 Å². The molecule has 28 heavy (non-hydrogen) atoms. The smallest absolute Gasteiger partial charge is 0.251 e. The minimum absolute atomic E-state index is 0.0759. The maximum atomic E-state index is 11.7. The Bertz CT molecular complexity index is 824. The Labute approximate surface area is 176 Å². The molecule has 0 aliphatic heterocycles. The highest BCUT2D eigenvalue weighted by atomic mass is 35.5. The number of carbonyl (C=O) groups is 1. The molecule has 1 amide bonds. The Morgan fingerprint density at radius 2 is 1.82 bits per heavy atom. The number of guanidine groups is 1. The van der Waals surface area contributed by atoms with Gasteiger partial charge in [0.25, 0.3) is 5.91 Å². The van der Waals surface area contributed by atoms with Crippen molar-refractivity contribution in [3.63, 3.8) is 0 Å². The van der Waals surface area contributed by atoms with Gasteiger partial charge in [-0.2, -0.15) is 0 Å². The van der Waals surface area contributed by atoms with Crippen LogP contribution in [0.4, 0.5) is 0 Å². The first-order valence-electron chi connectivity index (χ1n) is 9.23. The van der Waals surface area contributed by atoms with E-state index >= 15 is 0 Å². The lowest BCUT2D eigenvalue weighted by atomic mass is 10.1. The predicted molar refractivity (Wildman–Crippen MR) is 118 cm³/mol. The number of carbonyl (C=O) groups excluding carboxylic acids is 1. The predicted octanol–water partition coefficient (Wildman–Crippen LogP) is 3.69. The summed E-state index contributed by atoms with van der Waals surface area (Å²) in [4.78, 5) is 15.9. The van der Waals surface area contributed by atoms with Gasteiger partial charge < -0.3 is 16.0 Å². The number of nitrogens with one attached hydrogen (secondary N) is 3.